The van der Waals surface area contributed by atoms with Crippen molar-refractivity contribution >= 4 is 23.6 Å². The minimum atomic E-state index is -2.28. The van der Waals surface area contributed by atoms with Gasteiger partial charge in [-0.2, -0.15) is 0 Å². The van der Waals surface area contributed by atoms with E-state index in [0.29, 0.717) is 5.92 Å². The van der Waals surface area contributed by atoms with Gasteiger partial charge in [-0.25, -0.2) is 0 Å². The molecule has 3 aromatic carbocycles. The van der Waals surface area contributed by atoms with Crippen molar-refractivity contribution in [3.8, 4) is 0 Å². The van der Waals surface area contributed by atoms with Crippen molar-refractivity contribution in [1.29, 1.82) is 0 Å². The zero-order chi connectivity index (χ0) is 24.6. The Bertz CT molecular complexity index is 895. The molecular weight excluding hydrogens is 444 g/mol. The average molecular weight is 487 g/mol. The standard InChI is InChI=1S/C32H42O2Si/c1-27-19-21-28(22-20-27)32(25-33-2,26-34-3)23-24-35(29-13-7-4-8-14-29,30-15-9-5-10-16-30)31-17-11-6-12-18-31/h4-18,27-28H,19-26H2,1-3H3. The molecule has 0 saturated heterocycles. The van der Waals surface area contributed by atoms with E-state index in [4.69, 9.17) is 9.47 Å². The lowest BCUT2D eigenvalue weighted by molar-refractivity contribution is -0.0466. The van der Waals surface area contributed by atoms with Crippen molar-refractivity contribution in [2.45, 2.75) is 45.1 Å². The molecule has 0 aliphatic heterocycles. The maximum atomic E-state index is 5.96. The van der Waals surface area contributed by atoms with E-state index in [2.05, 4.69) is 97.9 Å². The van der Waals surface area contributed by atoms with Crippen molar-refractivity contribution in [1.82, 2.24) is 0 Å². The molecule has 2 nitrogen and oxygen atoms in total. The second-order valence-electron chi connectivity index (χ2n) is 10.7. The molecule has 35 heavy (non-hydrogen) atoms. The quantitative estimate of drug-likeness (QED) is 0.257. The third kappa shape index (κ3) is 5.63. The van der Waals surface area contributed by atoms with E-state index in [1.54, 1.807) is 0 Å². The summed E-state index contributed by atoms with van der Waals surface area (Å²) in [6.07, 6.45) is 6.31. The van der Waals surface area contributed by atoms with E-state index >= 15 is 0 Å². The molecule has 0 atom stereocenters. The molecule has 0 N–H and O–H groups in total. The second kappa shape index (κ2) is 12.2. The maximum absolute atomic E-state index is 5.96. The fourth-order valence-electron chi connectivity index (χ4n) is 6.61. The lowest BCUT2D eigenvalue weighted by Gasteiger charge is -2.45. The molecule has 0 aromatic heterocycles. The van der Waals surface area contributed by atoms with E-state index in [1.165, 1.54) is 41.2 Å². The molecule has 0 bridgehead atoms. The van der Waals surface area contributed by atoms with Crippen LogP contribution in [0.4, 0.5) is 0 Å². The van der Waals surface area contributed by atoms with E-state index in [9.17, 15) is 0 Å². The first-order valence-electron chi connectivity index (χ1n) is 13.3. The first kappa shape index (κ1) is 25.9. The summed E-state index contributed by atoms with van der Waals surface area (Å²) >= 11 is 0. The Morgan fingerprint density at radius 2 is 1.06 bits per heavy atom. The van der Waals surface area contributed by atoms with Crippen LogP contribution in [-0.4, -0.2) is 35.5 Å². The summed E-state index contributed by atoms with van der Waals surface area (Å²) in [6.45, 7) is 3.94. The number of hydrogen-bond donors (Lipinski definition) is 0. The van der Waals surface area contributed by atoms with E-state index in [0.717, 1.165) is 31.6 Å². The van der Waals surface area contributed by atoms with Crippen LogP contribution in [0.5, 0.6) is 0 Å². The Labute approximate surface area is 213 Å². The molecule has 0 heterocycles. The highest BCUT2D eigenvalue weighted by molar-refractivity contribution is 7.11. The fourth-order valence-corrected chi connectivity index (χ4v) is 11.6. The van der Waals surface area contributed by atoms with E-state index in [1.807, 2.05) is 14.2 Å². The number of hydrogen-bond acceptors (Lipinski definition) is 2. The fraction of sp³-hybridized carbons (Fsp3) is 0.438. The third-order valence-corrected chi connectivity index (χ3v) is 13.5. The van der Waals surface area contributed by atoms with Gasteiger partial charge in [0.1, 0.15) is 8.07 Å². The van der Waals surface area contributed by atoms with Crippen LogP contribution in [0, 0.1) is 17.3 Å². The van der Waals surface area contributed by atoms with Crippen LogP contribution in [0.1, 0.15) is 39.0 Å². The van der Waals surface area contributed by atoms with Gasteiger partial charge in [-0.05, 0) is 52.7 Å². The molecule has 1 fully saturated rings. The van der Waals surface area contributed by atoms with Crippen molar-refractivity contribution < 1.29 is 9.47 Å². The molecule has 0 spiro atoms. The first-order valence-corrected chi connectivity index (χ1v) is 15.5. The zero-order valence-electron chi connectivity index (χ0n) is 21.8. The number of methoxy groups -OCH3 is 2. The van der Waals surface area contributed by atoms with Crippen LogP contribution in [0.25, 0.3) is 0 Å². The molecule has 1 aliphatic carbocycles. The van der Waals surface area contributed by atoms with Crippen molar-refractivity contribution in [2.24, 2.45) is 17.3 Å². The van der Waals surface area contributed by atoms with Gasteiger partial charge in [-0.3, -0.25) is 0 Å². The van der Waals surface area contributed by atoms with Gasteiger partial charge in [-0.15, -0.1) is 0 Å². The molecule has 4 rings (SSSR count). The predicted octanol–water partition coefficient (Wildman–Crippen LogP) is 5.65. The molecule has 3 aromatic rings. The lowest BCUT2D eigenvalue weighted by Crippen LogP contribution is -2.67. The Balaban J connectivity index is 1.81. The number of ether oxygens (including phenoxy) is 2. The predicted molar refractivity (Wildman–Crippen MR) is 151 cm³/mol. The summed E-state index contributed by atoms with van der Waals surface area (Å²) in [7, 11) is 1.45. The summed E-state index contributed by atoms with van der Waals surface area (Å²) in [5.74, 6) is 1.48. The molecule has 0 radical (unpaired) electrons. The van der Waals surface area contributed by atoms with Gasteiger partial charge in [0.15, 0.2) is 0 Å². The van der Waals surface area contributed by atoms with Gasteiger partial charge in [0.2, 0.25) is 0 Å². The summed E-state index contributed by atoms with van der Waals surface area (Å²) in [5, 5.41) is 4.45. The third-order valence-electron chi connectivity index (χ3n) is 8.54. The highest BCUT2D eigenvalue weighted by Crippen LogP contribution is 2.45. The summed E-state index contributed by atoms with van der Waals surface area (Å²) in [6, 6.07) is 35.0. The normalized spacial score (nSPS) is 18.9. The highest BCUT2D eigenvalue weighted by atomic mass is 28.3. The van der Waals surface area contributed by atoms with E-state index in [-0.39, 0.29) is 5.41 Å². The van der Waals surface area contributed by atoms with Gasteiger partial charge in [0, 0.05) is 19.6 Å². The van der Waals surface area contributed by atoms with Gasteiger partial charge in [0.05, 0.1) is 13.2 Å². The van der Waals surface area contributed by atoms with Crippen LogP contribution in [0.2, 0.25) is 6.04 Å². The zero-order valence-corrected chi connectivity index (χ0v) is 22.8. The second-order valence-corrected chi connectivity index (χ2v) is 14.7. The monoisotopic (exact) mass is 486 g/mol. The topological polar surface area (TPSA) is 18.5 Å². The van der Waals surface area contributed by atoms with Crippen LogP contribution in [0.3, 0.4) is 0 Å². The number of rotatable bonds is 11. The molecule has 0 unspecified atom stereocenters. The first-order chi connectivity index (χ1) is 17.1. The Kier molecular flexibility index (Phi) is 8.99. The molecule has 186 valence electrons. The van der Waals surface area contributed by atoms with Gasteiger partial charge in [0.25, 0.3) is 0 Å². The summed E-state index contributed by atoms with van der Waals surface area (Å²) < 4.78 is 11.9. The van der Waals surface area contributed by atoms with Crippen molar-refractivity contribution in [2.75, 3.05) is 27.4 Å². The largest absolute Gasteiger partial charge is 0.384 e. The molecule has 3 heteroatoms. The molecule has 1 saturated carbocycles. The highest BCUT2D eigenvalue weighted by Gasteiger charge is 2.45. The Hall–Kier alpha value is -2.20. The minimum Gasteiger partial charge on any atom is -0.384 e. The Morgan fingerprint density at radius 3 is 1.43 bits per heavy atom. The van der Waals surface area contributed by atoms with Gasteiger partial charge in [-0.1, -0.05) is 111 Å². The molecular formula is C32H42O2Si. The van der Waals surface area contributed by atoms with Crippen LogP contribution >= 0.6 is 0 Å². The van der Waals surface area contributed by atoms with E-state index < -0.39 is 8.07 Å². The van der Waals surface area contributed by atoms with Crippen molar-refractivity contribution in [3.05, 3.63) is 91.0 Å². The lowest BCUT2D eigenvalue weighted by atomic mass is 9.66. The summed E-state index contributed by atoms with van der Waals surface area (Å²) in [5.41, 5.74) is 0.0419. The SMILES string of the molecule is COCC(CC[Si](c1ccccc1)(c1ccccc1)c1ccccc1)(COC)C1CCC(C)CC1. The Morgan fingerprint density at radius 1 is 0.657 bits per heavy atom. The molecule has 1 aliphatic rings. The summed E-state index contributed by atoms with van der Waals surface area (Å²) in [4.78, 5) is 0. The smallest absolute Gasteiger partial charge is 0.148 e. The number of benzene rings is 3. The average Bonchev–Trinajstić information content (AvgIpc) is 2.91. The minimum absolute atomic E-state index is 0.0419. The van der Waals surface area contributed by atoms with Crippen LogP contribution in [0.15, 0.2) is 91.0 Å². The molecule has 0 amide bonds. The van der Waals surface area contributed by atoms with Gasteiger partial charge >= 0.3 is 0 Å². The maximum Gasteiger partial charge on any atom is 0.148 e. The van der Waals surface area contributed by atoms with Crippen LogP contribution in [-0.2, 0) is 9.47 Å². The van der Waals surface area contributed by atoms with Gasteiger partial charge < -0.3 is 9.47 Å². The van der Waals surface area contributed by atoms with Crippen molar-refractivity contribution in [3.63, 3.8) is 0 Å². The van der Waals surface area contributed by atoms with Crippen LogP contribution < -0.4 is 15.6 Å².